The third kappa shape index (κ3) is 4.33. The highest BCUT2D eigenvalue weighted by Crippen LogP contribution is 2.38. The molecule has 0 atom stereocenters. The molecule has 0 saturated carbocycles. The number of anilines is 1. The Hall–Kier alpha value is -4.24. The fourth-order valence-corrected chi connectivity index (χ4v) is 5.02. The second-order valence-electron chi connectivity index (χ2n) is 7.91. The highest BCUT2D eigenvalue weighted by molar-refractivity contribution is 7.92. The van der Waals surface area contributed by atoms with Gasteiger partial charge in [0.1, 0.15) is 17.8 Å². The van der Waals surface area contributed by atoms with Gasteiger partial charge in [0.25, 0.3) is 10.0 Å². The summed E-state index contributed by atoms with van der Waals surface area (Å²) in [6.07, 6.45) is 2.91. The van der Waals surface area contributed by atoms with Crippen LogP contribution in [-0.4, -0.2) is 25.7 Å². The van der Waals surface area contributed by atoms with Gasteiger partial charge in [-0.25, -0.2) is 12.8 Å². The number of nitrogens with one attached hydrogen (secondary N) is 1. The summed E-state index contributed by atoms with van der Waals surface area (Å²) in [4.78, 5) is 4.66. The number of benzene rings is 3. The number of rotatable bonds is 6. The molecule has 5 rings (SSSR count). The standard InChI is InChI=1S/C26H20FN3O4S/c1-16-12-23(17-4-3-5-19(27)13-17)24(33-2)15-22(16)26-21-7-6-20(14-18(21)8-10-28-26)35(31,32)30-25-9-11-34-29-25/h3-15H,1-2H3,(H,29,30). The Morgan fingerprint density at radius 2 is 1.86 bits per heavy atom. The molecule has 0 fully saturated rings. The molecule has 0 spiro atoms. The molecule has 0 amide bonds. The first-order valence-corrected chi connectivity index (χ1v) is 12.1. The van der Waals surface area contributed by atoms with Crippen molar-refractivity contribution in [3.8, 4) is 28.1 Å². The fourth-order valence-electron chi connectivity index (χ4n) is 3.99. The lowest BCUT2D eigenvalue weighted by atomic mass is 9.95. The van der Waals surface area contributed by atoms with Gasteiger partial charge in [0.2, 0.25) is 0 Å². The minimum absolute atomic E-state index is 0.0842. The fraction of sp³-hybridized carbons (Fsp3) is 0.0769. The summed E-state index contributed by atoms with van der Waals surface area (Å²) in [6, 6.07) is 18.1. The highest BCUT2D eigenvalue weighted by Gasteiger charge is 2.19. The van der Waals surface area contributed by atoms with Gasteiger partial charge >= 0.3 is 0 Å². The first-order chi connectivity index (χ1) is 16.9. The second-order valence-corrected chi connectivity index (χ2v) is 9.59. The number of aryl methyl sites for hydroxylation is 1. The smallest absolute Gasteiger partial charge is 0.263 e. The number of fused-ring (bicyclic) bond motifs is 1. The van der Waals surface area contributed by atoms with E-state index in [2.05, 4.69) is 19.4 Å². The summed E-state index contributed by atoms with van der Waals surface area (Å²) < 4.78 is 52.1. The van der Waals surface area contributed by atoms with E-state index in [1.165, 1.54) is 30.5 Å². The largest absolute Gasteiger partial charge is 0.496 e. The third-order valence-electron chi connectivity index (χ3n) is 5.66. The van der Waals surface area contributed by atoms with Crippen LogP contribution in [0.25, 0.3) is 33.2 Å². The lowest BCUT2D eigenvalue weighted by Crippen LogP contribution is -2.13. The average Bonchev–Trinajstić information content (AvgIpc) is 3.35. The van der Waals surface area contributed by atoms with E-state index >= 15 is 0 Å². The Bertz CT molecular complexity index is 1650. The van der Waals surface area contributed by atoms with E-state index in [0.717, 1.165) is 22.1 Å². The van der Waals surface area contributed by atoms with Crippen molar-refractivity contribution in [3.05, 3.63) is 90.6 Å². The zero-order valence-electron chi connectivity index (χ0n) is 18.8. The van der Waals surface area contributed by atoms with Gasteiger partial charge in [-0.05, 0) is 65.9 Å². The number of sulfonamides is 1. The van der Waals surface area contributed by atoms with Gasteiger partial charge in [-0.15, -0.1) is 0 Å². The van der Waals surface area contributed by atoms with Crippen LogP contribution < -0.4 is 9.46 Å². The number of nitrogens with zero attached hydrogens (tertiary/aromatic N) is 2. The van der Waals surface area contributed by atoms with Gasteiger partial charge in [0, 0.05) is 28.8 Å². The molecule has 3 aromatic carbocycles. The van der Waals surface area contributed by atoms with Crippen LogP contribution in [0.5, 0.6) is 5.75 Å². The Kier molecular flexibility index (Phi) is 5.70. The van der Waals surface area contributed by atoms with Crippen LogP contribution in [0.15, 0.2) is 88.6 Å². The van der Waals surface area contributed by atoms with E-state index in [0.29, 0.717) is 22.4 Å². The molecule has 0 aliphatic carbocycles. The molecule has 2 aromatic heterocycles. The lowest BCUT2D eigenvalue weighted by molar-refractivity contribution is 0.416. The summed E-state index contributed by atoms with van der Waals surface area (Å²) in [7, 11) is -2.29. The molecule has 2 heterocycles. The minimum atomic E-state index is -3.85. The van der Waals surface area contributed by atoms with Crippen LogP contribution in [0.1, 0.15) is 5.56 Å². The Labute approximate surface area is 201 Å². The summed E-state index contributed by atoms with van der Waals surface area (Å²) in [5, 5.41) is 5.07. The molecule has 0 aliphatic rings. The second kappa shape index (κ2) is 8.84. The van der Waals surface area contributed by atoms with Gasteiger partial charge in [-0.2, -0.15) is 0 Å². The van der Waals surface area contributed by atoms with Gasteiger partial charge in [0.15, 0.2) is 5.82 Å². The molecule has 0 unspecified atom stereocenters. The van der Waals surface area contributed by atoms with Crippen molar-refractivity contribution < 1.29 is 22.1 Å². The molecule has 7 nitrogen and oxygen atoms in total. The molecular formula is C26H20FN3O4S. The molecule has 1 N–H and O–H groups in total. The Balaban J connectivity index is 1.60. The average molecular weight is 490 g/mol. The SMILES string of the molecule is COc1cc(-c2nccc3cc(S(=O)(=O)Nc4ccon4)ccc23)c(C)cc1-c1cccc(F)c1. The molecule has 35 heavy (non-hydrogen) atoms. The van der Waals surface area contributed by atoms with Crippen molar-refractivity contribution in [1.82, 2.24) is 10.1 Å². The number of methoxy groups -OCH3 is 1. The van der Waals surface area contributed by atoms with E-state index in [-0.39, 0.29) is 16.5 Å². The summed E-state index contributed by atoms with van der Waals surface area (Å²) in [5.74, 6) is 0.346. The summed E-state index contributed by atoms with van der Waals surface area (Å²) in [6.45, 7) is 1.94. The normalized spacial score (nSPS) is 11.5. The van der Waals surface area contributed by atoms with E-state index in [9.17, 15) is 12.8 Å². The first kappa shape index (κ1) is 22.5. The predicted molar refractivity (Wildman–Crippen MR) is 131 cm³/mol. The first-order valence-electron chi connectivity index (χ1n) is 10.6. The van der Waals surface area contributed by atoms with Crippen molar-refractivity contribution in [3.63, 3.8) is 0 Å². The van der Waals surface area contributed by atoms with Gasteiger partial charge in [-0.1, -0.05) is 23.4 Å². The van der Waals surface area contributed by atoms with E-state index in [1.54, 1.807) is 37.6 Å². The van der Waals surface area contributed by atoms with Crippen LogP contribution in [0, 0.1) is 12.7 Å². The van der Waals surface area contributed by atoms with Crippen LogP contribution in [0.4, 0.5) is 10.2 Å². The number of hydrogen-bond acceptors (Lipinski definition) is 6. The number of pyridine rings is 1. The molecule has 9 heteroatoms. The Morgan fingerprint density at radius 3 is 2.60 bits per heavy atom. The molecule has 0 bridgehead atoms. The quantitative estimate of drug-likeness (QED) is 0.323. The molecular weight excluding hydrogens is 469 g/mol. The maximum atomic E-state index is 13.8. The van der Waals surface area contributed by atoms with E-state index in [1.807, 2.05) is 25.1 Å². The molecule has 176 valence electrons. The van der Waals surface area contributed by atoms with Gasteiger partial charge < -0.3 is 9.26 Å². The van der Waals surface area contributed by atoms with E-state index < -0.39 is 10.0 Å². The summed E-state index contributed by atoms with van der Waals surface area (Å²) in [5.41, 5.74) is 3.88. The van der Waals surface area contributed by atoms with Crippen LogP contribution in [0.2, 0.25) is 0 Å². The number of ether oxygens (including phenoxy) is 1. The maximum absolute atomic E-state index is 13.8. The van der Waals surface area contributed by atoms with Gasteiger partial charge in [-0.3, -0.25) is 9.71 Å². The topological polar surface area (TPSA) is 94.3 Å². The highest BCUT2D eigenvalue weighted by atomic mass is 32.2. The van der Waals surface area contributed by atoms with Gasteiger partial charge in [0.05, 0.1) is 17.7 Å². The van der Waals surface area contributed by atoms with Crippen molar-refractivity contribution in [2.45, 2.75) is 11.8 Å². The van der Waals surface area contributed by atoms with Crippen molar-refractivity contribution in [1.29, 1.82) is 0 Å². The molecule has 0 saturated heterocycles. The number of hydrogen-bond donors (Lipinski definition) is 1. The zero-order valence-corrected chi connectivity index (χ0v) is 19.6. The number of halogens is 1. The van der Waals surface area contributed by atoms with Crippen LogP contribution >= 0.6 is 0 Å². The Morgan fingerprint density at radius 1 is 1.00 bits per heavy atom. The number of aromatic nitrogens is 2. The minimum Gasteiger partial charge on any atom is -0.496 e. The van der Waals surface area contributed by atoms with E-state index in [4.69, 9.17) is 4.74 Å². The van der Waals surface area contributed by atoms with Crippen LogP contribution in [0.3, 0.4) is 0 Å². The predicted octanol–water partition coefficient (Wildman–Crippen LogP) is 5.81. The van der Waals surface area contributed by atoms with Crippen molar-refractivity contribution >= 4 is 26.6 Å². The monoisotopic (exact) mass is 489 g/mol. The van der Waals surface area contributed by atoms with Crippen molar-refractivity contribution in [2.75, 3.05) is 11.8 Å². The van der Waals surface area contributed by atoms with Crippen molar-refractivity contribution in [2.24, 2.45) is 0 Å². The molecule has 5 aromatic rings. The molecule has 0 aliphatic heterocycles. The maximum Gasteiger partial charge on any atom is 0.263 e. The zero-order chi connectivity index (χ0) is 24.6. The molecule has 0 radical (unpaired) electrons. The lowest BCUT2D eigenvalue weighted by Gasteiger charge is -2.15. The third-order valence-corrected chi connectivity index (χ3v) is 7.01. The summed E-state index contributed by atoms with van der Waals surface area (Å²) >= 11 is 0. The van der Waals surface area contributed by atoms with Crippen LogP contribution in [-0.2, 0) is 10.0 Å².